The maximum Gasteiger partial charge on any atom is 0.233 e. The maximum atomic E-state index is 12.6. The van der Waals surface area contributed by atoms with Gasteiger partial charge < -0.3 is 19.1 Å². The van der Waals surface area contributed by atoms with E-state index in [9.17, 15) is 4.79 Å². The molecule has 3 rings (SSSR count). The second-order valence-corrected chi connectivity index (χ2v) is 6.95. The van der Waals surface area contributed by atoms with Crippen molar-refractivity contribution in [3.63, 3.8) is 0 Å². The first-order valence-electron chi connectivity index (χ1n) is 8.62. The third-order valence-electron chi connectivity index (χ3n) is 4.13. The Bertz CT molecular complexity index is 752. The van der Waals surface area contributed by atoms with Gasteiger partial charge in [0.2, 0.25) is 5.91 Å². The highest BCUT2D eigenvalue weighted by Gasteiger charge is 2.24. The summed E-state index contributed by atoms with van der Waals surface area (Å²) in [6.07, 6.45) is -0.157. The quantitative estimate of drug-likeness (QED) is 0.696. The molecule has 0 radical (unpaired) electrons. The second kappa shape index (κ2) is 8.85. The molecule has 1 aliphatic heterocycles. The van der Waals surface area contributed by atoms with Gasteiger partial charge in [-0.25, -0.2) is 0 Å². The summed E-state index contributed by atoms with van der Waals surface area (Å²) in [7, 11) is 1.64. The van der Waals surface area contributed by atoms with E-state index in [1.807, 2.05) is 60.4 Å². The Morgan fingerprint density at radius 3 is 2.81 bits per heavy atom. The van der Waals surface area contributed by atoms with Crippen LogP contribution in [-0.4, -0.2) is 49.5 Å². The van der Waals surface area contributed by atoms with Gasteiger partial charge >= 0.3 is 0 Å². The summed E-state index contributed by atoms with van der Waals surface area (Å²) >= 11 is 1.51. The van der Waals surface area contributed by atoms with E-state index in [1.54, 1.807) is 7.11 Å². The molecule has 1 amide bonds. The lowest BCUT2D eigenvalue weighted by atomic mass is 10.2. The molecule has 0 saturated heterocycles. The van der Waals surface area contributed by atoms with Gasteiger partial charge in [0.1, 0.15) is 12.4 Å². The Morgan fingerprint density at radius 2 is 2.04 bits per heavy atom. The normalized spacial score (nSPS) is 15.4. The van der Waals surface area contributed by atoms with Crippen molar-refractivity contribution >= 4 is 17.7 Å². The molecule has 138 valence electrons. The van der Waals surface area contributed by atoms with Gasteiger partial charge in [-0.3, -0.25) is 4.79 Å². The van der Waals surface area contributed by atoms with E-state index in [4.69, 9.17) is 14.2 Å². The number of carbonyl (C=O) groups is 1. The van der Waals surface area contributed by atoms with Crippen molar-refractivity contribution in [1.82, 2.24) is 4.90 Å². The topological polar surface area (TPSA) is 48.0 Å². The SMILES string of the molecule is CCN(CC1COc2ccccc2O1)C(=O)CSc1cccc(OC)c1. The average Bonchev–Trinajstić information content (AvgIpc) is 2.70. The number of hydrogen-bond acceptors (Lipinski definition) is 5. The van der Waals surface area contributed by atoms with Gasteiger partial charge in [0.15, 0.2) is 17.6 Å². The first kappa shape index (κ1) is 18.5. The van der Waals surface area contributed by atoms with Crippen LogP contribution in [0.25, 0.3) is 0 Å². The van der Waals surface area contributed by atoms with Crippen LogP contribution >= 0.6 is 11.8 Å². The van der Waals surface area contributed by atoms with E-state index in [2.05, 4.69) is 0 Å². The molecule has 5 nitrogen and oxygen atoms in total. The largest absolute Gasteiger partial charge is 0.497 e. The van der Waals surface area contributed by atoms with Gasteiger partial charge in [-0.15, -0.1) is 11.8 Å². The fraction of sp³-hybridized carbons (Fsp3) is 0.350. The number of benzene rings is 2. The van der Waals surface area contributed by atoms with E-state index in [0.29, 0.717) is 25.4 Å². The van der Waals surface area contributed by atoms with Crippen LogP contribution in [-0.2, 0) is 4.79 Å². The van der Waals surface area contributed by atoms with Crippen LogP contribution in [0, 0.1) is 0 Å². The molecule has 0 aliphatic carbocycles. The molecule has 2 aromatic carbocycles. The van der Waals surface area contributed by atoms with Crippen molar-refractivity contribution in [2.24, 2.45) is 0 Å². The minimum Gasteiger partial charge on any atom is -0.497 e. The summed E-state index contributed by atoms with van der Waals surface area (Å²) in [5.74, 6) is 2.75. The molecular weight excluding hydrogens is 350 g/mol. The second-order valence-electron chi connectivity index (χ2n) is 5.90. The molecule has 0 bridgehead atoms. The van der Waals surface area contributed by atoms with E-state index >= 15 is 0 Å². The lowest BCUT2D eigenvalue weighted by Gasteiger charge is -2.30. The number of amides is 1. The molecule has 6 heteroatoms. The highest BCUT2D eigenvalue weighted by molar-refractivity contribution is 8.00. The molecule has 0 fully saturated rings. The van der Waals surface area contributed by atoms with Crippen LogP contribution in [0.3, 0.4) is 0 Å². The highest BCUT2D eigenvalue weighted by Crippen LogP contribution is 2.31. The standard InChI is InChI=1S/C20H23NO4S/c1-3-21(12-16-13-24-18-9-4-5-10-19(18)25-16)20(22)14-26-17-8-6-7-15(11-17)23-2/h4-11,16H,3,12-14H2,1-2H3. The number of carbonyl (C=O) groups excluding carboxylic acids is 1. The summed E-state index contributed by atoms with van der Waals surface area (Å²) in [6.45, 7) is 3.58. The van der Waals surface area contributed by atoms with Crippen molar-refractivity contribution in [3.8, 4) is 17.2 Å². The number of nitrogens with zero attached hydrogens (tertiary/aromatic N) is 1. The Labute approximate surface area is 158 Å². The number of likely N-dealkylation sites (N-methyl/N-ethyl adjacent to an activating group) is 1. The van der Waals surface area contributed by atoms with Crippen LogP contribution in [0.5, 0.6) is 17.2 Å². The predicted octanol–water partition coefficient (Wildman–Crippen LogP) is 3.48. The third kappa shape index (κ3) is 4.64. The van der Waals surface area contributed by atoms with Gasteiger partial charge in [0.25, 0.3) is 0 Å². The summed E-state index contributed by atoms with van der Waals surface area (Å²) in [5.41, 5.74) is 0. The Hall–Kier alpha value is -2.34. The molecular formula is C20H23NO4S. The predicted molar refractivity (Wildman–Crippen MR) is 102 cm³/mol. The fourth-order valence-electron chi connectivity index (χ4n) is 2.73. The summed E-state index contributed by atoms with van der Waals surface area (Å²) in [4.78, 5) is 15.4. The van der Waals surface area contributed by atoms with Gasteiger partial charge in [0, 0.05) is 11.4 Å². The van der Waals surface area contributed by atoms with Gasteiger partial charge in [-0.2, -0.15) is 0 Å². The number of rotatable bonds is 7. The van der Waals surface area contributed by atoms with Crippen LogP contribution in [0.1, 0.15) is 6.92 Å². The summed E-state index contributed by atoms with van der Waals surface area (Å²) < 4.78 is 16.9. The minimum absolute atomic E-state index is 0.0859. The third-order valence-corrected chi connectivity index (χ3v) is 5.11. The number of para-hydroxylation sites is 2. The monoisotopic (exact) mass is 373 g/mol. The molecule has 1 aliphatic rings. The highest BCUT2D eigenvalue weighted by atomic mass is 32.2. The lowest BCUT2D eigenvalue weighted by Crippen LogP contribution is -2.44. The molecule has 2 aromatic rings. The van der Waals surface area contributed by atoms with Gasteiger partial charge in [-0.1, -0.05) is 18.2 Å². The molecule has 0 saturated carbocycles. The average molecular weight is 373 g/mol. The van der Waals surface area contributed by atoms with Crippen molar-refractivity contribution in [2.75, 3.05) is 32.6 Å². The lowest BCUT2D eigenvalue weighted by molar-refractivity contribution is -0.129. The first-order chi connectivity index (χ1) is 12.7. The van der Waals surface area contributed by atoms with E-state index in [1.165, 1.54) is 11.8 Å². The molecule has 26 heavy (non-hydrogen) atoms. The Kier molecular flexibility index (Phi) is 6.28. The van der Waals surface area contributed by atoms with Gasteiger partial charge in [0.05, 0.1) is 19.4 Å². The van der Waals surface area contributed by atoms with E-state index in [0.717, 1.165) is 22.1 Å². The van der Waals surface area contributed by atoms with Crippen molar-refractivity contribution < 1.29 is 19.0 Å². The maximum absolute atomic E-state index is 12.6. The number of methoxy groups -OCH3 is 1. The van der Waals surface area contributed by atoms with Crippen LogP contribution < -0.4 is 14.2 Å². The zero-order valence-electron chi connectivity index (χ0n) is 15.0. The van der Waals surface area contributed by atoms with E-state index < -0.39 is 0 Å². The van der Waals surface area contributed by atoms with Crippen LogP contribution in [0.15, 0.2) is 53.4 Å². The molecule has 0 spiro atoms. The first-order valence-corrected chi connectivity index (χ1v) is 9.61. The smallest absolute Gasteiger partial charge is 0.233 e. The zero-order chi connectivity index (χ0) is 18.4. The number of ether oxygens (including phenoxy) is 3. The van der Waals surface area contributed by atoms with Crippen LogP contribution in [0.2, 0.25) is 0 Å². The molecule has 1 atom stereocenters. The summed E-state index contributed by atoms with van der Waals surface area (Å²) in [5, 5.41) is 0. The number of hydrogen-bond donors (Lipinski definition) is 0. The molecule has 0 N–H and O–H groups in total. The van der Waals surface area contributed by atoms with Crippen molar-refractivity contribution in [3.05, 3.63) is 48.5 Å². The zero-order valence-corrected chi connectivity index (χ0v) is 15.8. The Balaban J connectivity index is 1.54. The minimum atomic E-state index is -0.157. The van der Waals surface area contributed by atoms with Gasteiger partial charge in [-0.05, 0) is 37.3 Å². The van der Waals surface area contributed by atoms with E-state index in [-0.39, 0.29) is 12.0 Å². The van der Waals surface area contributed by atoms with Crippen molar-refractivity contribution in [1.29, 1.82) is 0 Å². The van der Waals surface area contributed by atoms with Crippen molar-refractivity contribution in [2.45, 2.75) is 17.9 Å². The number of thioether (sulfide) groups is 1. The summed E-state index contributed by atoms with van der Waals surface area (Å²) in [6, 6.07) is 15.3. The molecule has 1 unspecified atom stereocenters. The number of fused-ring (bicyclic) bond motifs is 1. The molecule has 1 heterocycles. The molecule has 0 aromatic heterocycles. The fourth-order valence-corrected chi connectivity index (χ4v) is 3.58. The Morgan fingerprint density at radius 1 is 1.23 bits per heavy atom. The van der Waals surface area contributed by atoms with Crippen LogP contribution in [0.4, 0.5) is 0 Å².